The average Bonchev–Trinajstić information content (AvgIpc) is 2.99. The number of carbonyl (C=O) groups excluding carboxylic acids is 1. The second-order valence-electron chi connectivity index (χ2n) is 5.17. The van der Waals surface area contributed by atoms with E-state index in [2.05, 4.69) is 10.2 Å². The quantitative estimate of drug-likeness (QED) is 0.467. The predicted molar refractivity (Wildman–Crippen MR) is 113 cm³/mol. The summed E-state index contributed by atoms with van der Waals surface area (Å²) in [4.78, 5) is 13.6. The van der Waals surface area contributed by atoms with Gasteiger partial charge in [0.05, 0.1) is 17.7 Å². The van der Waals surface area contributed by atoms with Crippen LogP contribution in [-0.4, -0.2) is 23.0 Å². The summed E-state index contributed by atoms with van der Waals surface area (Å²) in [6.45, 7) is 0. The Morgan fingerprint density at radius 2 is 1.88 bits per heavy atom. The van der Waals surface area contributed by atoms with Gasteiger partial charge in [-0.3, -0.25) is 9.69 Å². The third kappa shape index (κ3) is 4.68. The number of amidine groups is 1. The summed E-state index contributed by atoms with van der Waals surface area (Å²) < 4.78 is 0. The van der Waals surface area contributed by atoms with Gasteiger partial charge < -0.3 is 0 Å². The highest BCUT2D eigenvalue weighted by Crippen LogP contribution is 2.28. The highest BCUT2D eigenvalue weighted by Gasteiger charge is 2.29. The topological polar surface area (TPSA) is 45.0 Å². The molecule has 4 nitrogen and oxygen atoms in total. The number of benzene rings is 2. The van der Waals surface area contributed by atoms with Crippen molar-refractivity contribution in [3.8, 4) is 0 Å². The van der Waals surface area contributed by atoms with Crippen molar-refractivity contribution in [2.45, 2.75) is 0 Å². The van der Waals surface area contributed by atoms with Gasteiger partial charge in [-0.15, -0.1) is 5.10 Å². The Kier molecular flexibility index (Phi) is 6.38. The van der Waals surface area contributed by atoms with Crippen molar-refractivity contribution in [3.63, 3.8) is 0 Å². The second-order valence-corrected chi connectivity index (χ2v) is 7.39. The molecule has 1 heterocycles. The fourth-order valence-corrected chi connectivity index (χ4v) is 3.51. The normalized spacial score (nSPS) is 16.9. The van der Waals surface area contributed by atoms with E-state index in [-0.39, 0.29) is 5.91 Å². The lowest BCUT2D eigenvalue weighted by Crippen LogP contribution is -2.28. The van der Waals surface area contributed by atoms with Crippen LogP contribution in [-0.2, 0) is 4.79 Å². The van der Waals surface area contributed by atoms with Crippen molar-refractivity contribution in [1.29, 1.82) is 0 Å². The van der Waals surface area contributed by atoms with Crippen LogP contribution in [0.15, 0.2) is 64.8 Å². The summed E-state index contributed by atoms with van der Waals surface area (Å²) in [5.41, 5.74) is 1.48. The van der Waals surface area contributed by atoms with Gasteiger partial charge in [-0.05, 0) is 42.0 Å². The Hall–Kier alpha value is -1.79. The lowest BCUT2D eigenvalue weighted by Gasteiger charge is -2.15. The van der Waals surface area contributed by atoms with E-state index >= 15 is 0 Å². The van der Waals surface area contributed by atoms with Gasteiger partial charge in [0.1, 0.15) is 0 Å². The van der Waals surface area contributed by atoms with Crippen LogP contribution in [0.2, 0.25) is 10.0 Å². The van der Waals surface area contributed by atoms with Crippen LogP contribution in [0.3, 0.4) is 0 Å². The molecular formula is C18H12Cl3N3OS. The van der Waals surface area contributed by atoms with E-state index in [0.717, 1.165) is 5.56 Å². The Labute approximate surface area is 170 Å². The fourth-order valence-electron chi connectivity index (χ4n) is 2.19. The molecule has 0 aromatic heterocycles. The molecular weight excluding hydrogens is 413 g/mol. The largest absolute Gasteiger partial charge is 0.273 e. The molecule has 0 unspecified atom stereocenters. The summed E-state index contributed by atoms with van der Waals surface area (Å²) in [6.07, 6.45) is 3.10. The Bertz CT molecular complexity index is 910. The van der Waals surface area contributed by atoms with E-state index in [1.807, 2.05) is 12.1 Å². The summed E-state index contributed by atoms with van der Waals surface area (Å²) in [7, 11) is 0. The molecule has 0 atom stereocenters. The minimum atomic E-state index is -0.0686. The molecule has 2 aromatic carbocycles. The molecule has 1 fully saturated rings. The number of allylic oxidation sites excluding steroid dienone is 1. The monoisotopic (exact) mass is 423 g/mol. The second kappa shape index (κ2) is 8.73. The summed E-state index contributed by atoms with van der Waals surface area (Å²) in [5.74, 6) is 0.239. The first-order valence-corrected chi connectivity index (χ1v) is 9.60. The number of rotatable bonds is 4. The molecule has 0 spiro atoms. The van der Waals surface area contributed by atoms with Gasteiger partial charge in [0.15, 0.2) is 5.17 Å². The van der Waals surface area contributed by atoms with Crippen molar-refractivity contribution in [3.05, 3.63) is 70.2 Å². The Morgan fingerprint density at radius 1 is 1.12 bits per heavy atom. The van der Waals surface area contributed by atoms with Gasteiger partial charge in [-0.2, -0.15) is 5.10 Å². The van der Waals surface area contributed by atoms with Gasteiger partial charge in [0, 0.05) is 15.1 Å². The molecule has 3 rings (SSSR count). The summed E-state index contributed by atoms with van der Waals surface area (Å²) in [6, 6.07) is 14.2. The van der Waals surface area contributed by atoms with Crippen molar-refractivity contribution in [1.82, 2.24) is 0 Å². The molecule has 1 aliphatic rings. The smallest absolute Gasteiger partial charge is 0.243 e. The molecule has 1 saturated heterocycles. The lowest BCUT2D eigenvalue weighted by atomic mass is 10.2. The van der Waals surface area contributed by atoms with Gasteiger partial charge >= 0.3 is 0 Å². The number of anilines is 1. The van der Waals surface area contributed by atoms with Gasteiger partial charge in [-0.25, -0.2) is 0 Å². The van der Waals surface area contributed by atoms with Crippen LogP contribution in [0.5, 0.6) is 0 Å². The summed E-state index contributed by atoms with van der Waals surface area (Å²) >= 11 is 19.4. The molecule has 1 amide bonds. The molecule has 26 heavy (non-hydrogen) atoms. The Balaban J connectivity index is 1.76. The minimum Gasteiger partial charge on any atom is -0.273 e. The number of carbonyl (C=O) groups is 1. The van der Waals surface area contributed by atoms with Crippen LogP contribution in [0.4, 0.5) is 5.69 Å². The highest BCUT2D eigenvalue weighted by molar-refractivity contribution is 8.15. The van der Waals surface area contributed by atoms with E-state index in [4.69, 9.17) is 34.8 Å². The number of nitrogens with zero attached hydrogens (tertiary/aromatic N) is 3. The van der Waals surface area contributed by atoms with Crippen LogP contribution in [0, 0.1) is 0 Å². The molecule has 0 aliphatic carbocycles. The number of hydrogen-bond acceptors (Lipinski definition) is 4. The maximum Gasteiger partial charge on any atom is 0.243 e. The van der Waals surface area contributed by atoms with Crippen LogP contribution >= 0.6 is 46.6 Å². The van der Waals surface area contributed by atoms with Crippen molar-refractivity contribution in [2.75, 3.05) is 10.7 Å². The van der Waals surface area contributed by atoms with E-state index in [1.54, 1.807) is 42.5 Å². The maximum absolute atomic E-state index is 12.1. The predicted octanol–water partition coefficient (Wildman–Crippen LogP) is 5.69. The number of halogens is 3. The molecule has 0 bridgehead atoms. The van der Waals surface area contributed by atoms with E-state index in [9.17, 15) is 4.79 Å². The third-order valence-corrected chi connectivity index (χ3v) is 5.13. The number of amides is 1. The number of thioether (sulfide) groups is 1. The highest BCUT2D eigenvalue weighted by atomic mass is 35.5. The average molecular weight is 425 g/mol. The van der Waals surface area contributed by atoms with E-state index in [0.29, 0.717) is 31.7 Å². The zero-order chi connectivity index (χ0) is 18.5. The van der Waals surface area contributed by atoms with Crippen molar-refractivity contribution in [2.24, 2.45) is 10.2 Å². The van der Waals surface area contributed by atoms with Crippen LogP contribution in [0.1, 0.15) is 5.56 Å². The molecule has 2 aromatic rings. The minimum absolute atomic E-state index is 0.0686. The van der Waals surface area contributed by atoms with Crippen LogP contribution in [0.25, 0.3) is 5.03 Å². The van der Waals surface area contributed by atoms with Gasteiger partial charge in [0.25, 0.3) is 0 Å². The van der Waals surface area contributed by atoms with Gasteiger partial charge in [-0.1, -0.05) is 64.8 Å². The van der Waals surface area contributed by atoms with Crippen LogP contribution < -0.4 is 4.90 Å². The fraction of sp³-hybridized carbons (Fsp3) is 0.0556. The maximum atomic E-state index is 12.1. The molecule has 132 valence electrons. The lowest BCUT2D eigenvalue weighted by molar-refractivity contribution is -0.115. The van der Waals surface area contributed by atoms with Gasteiger partial charge in [0.2, 0.25) is 5.91 Å². The molecule has 0 N–H and O–H groups in total. The molecule has 8 heteroatoms. The summed E-state index contributed by atoms with van der Waals surface area (Å²) in [5, 5.41) is 10.3. The zero-order valence-electron chi connectivity index (χ0n) is 13.3. The SMILES string of the molecule is O=C1CS\C(=N/N=C\C=C(/Cl)c2ccc(Cl)cc2)N1c1cccc(Cl)c1. The van der Waals surface area contributed by atoms with Crippen molar-refractivity contribution < 1.29 is 4.79 Å². The van der Waals surface area contributed by atoms with Crippen molar-refractivity contribution >= 4 is 74.6 Å². The first kappa shape index (κ1) is 19.0. The molecule has 1 aliphatic heterocycles. The molecule has 0 radical (unpaired) electrons. The third-order valence-electron chi connectivity index (χ3n) is 3.38. The number of hydrogen-bond donors (Lipinski definition) is 0. The van der Waals surface area contributed by atoms with E-state index in [1.165, 1.54) is 22.9 Å². The van der Waals surface area contributed by atoms with E-state index < -0.39 is 0 Å². The Morgan fingerprint density at radius 3 is 2.62 bits per heavy atom. The molecule has 0 saturated carbocycles. The standard InChI is InChI=1S/C18H12Cl3N3OS/c19-13-6-4-12(5-7-13)16(21)8-9-22-23-18-24(17(25)11-26-18)15-3-1-2-14(20)10-15/h1-10H,11H2/b16-8-,22-9-,23-18-. The first-order chi connectivity index (χ1) is 12.5. The first-order valence-electron chi connectivity index (χ1n) is 7.48. The zero-order valence-corrected chi connectivity index (χ0v) is 16.4.